The molecule has 2 aromatic carbocycles. The van der Waals surface area contributed by atoms with Crippen LogP contribution in [0.25, 0.3) is 0 Å². The van der Waals surface area contributed by atoms with Crippen molar-refractivity contribution in [3.63, 3.8) is 0 Å². The number of benzene rings is 2. The van der Waals surface area contributed by atoms with Crippen LogP contribution < -0.4 is 5.32 Å². The predicted octanol–water partition coefficient (Wildman–Crippen LogP) is 3.55. The molecule has 0 bridgehead atoms. The fourth-order valence-corrected chi connectivity index (χ4v) is 5.02. The Morgan fingerprint density at radius 1 is 1.03 bits per heavy atom. The highest BCUT2D eigenvalue weighted by atomic mass is 32.2. The third-order valence-corrected chi connectivity index (χ3v) is 7.46. The van der Waals surface area contributed by atoms with Gasteiger partial charge in [-0.1, -0.05) is 24.3 Å². The van der Waals surface area contributed by atoms with E-state index in [1.54, 1.807) is 12.1 Å². The minimum Gasteiger partial charge on any atom is -0.326 e. The van der Waals surface area contributed by atoms with Crippen molar-refractivity contribution in [1.29, 1.82) is 0 Å². The Balaban J connectivity index is 1.66. The molecule has 1 fully saturated rings. The van der Waals surface area contributed by atoms with Crippen molar-refractivity contribution in [3.05, 3.63) is 59.2 Å². The maximum absolute atomic E-state index is 12.9. The van der Waals surface area contributed by atoms with E-state index in [-0.39, 0.29) is 35.6 Å². The Labute approximate surface area is 172 Å². The molecule has 2 aromatic rings. The minimum atomic E-state index is -3.69. The molecule has 0 aliphatic carbocycles. The lowest BCUT2D eigenvalue weighted by Crippen LogP contribution is -2.41. The zero-order valence-electron chi connectivity index (χ0n) is 16.9. The molecule has 1 aliphatic rings. The number of nitrogens with zero attached hydrogens (tertiary/aromatic N) is 1. The first-order valence-electron chi connectivity index (χ1n) is 9.68. The summed E-state index contributed by atoms with van der Waals surface area (Å²) in [6.07, 6.45) is 0.921. The van der Waals surface area contributed by atoms with Gasteiger partial charge in [-0.3, -0.25) is 9.59 Å². The molecule has 0 radical (unpaired) electrons. The van der Waals surface area contributed by atoms with E-state index >= 15 is 0 Å². The molecule has 6 nitrogen and oxygen atoms in total. The van der Waals surface area contributed by atoms with Gasteiger partial charge < -0.3 is 5.32 Å². The number of carbonyl (C=O) groups is 2. The van der Waals surface area contributed by atoms with Gasteiger partial charge in [-0.2, -0.15) is 4.31 Å². The van der Waals surface area contributed by atoms with Crippen LogP contribution >= 0.6 is 0 Å². The number of Topliss-reactive ketones (excluding diaryl/α,β-unsaturated/α-hetero) is 1. The SMILES string of the molecule is CC(=O)c1cccc(S(=O)(=O)N2CCC(C(=O)Nc3cccc(C)c3C)CC2)c1. The van der Waals surface area contributed by atoms with Crippen LogP contribution in [0.15, 0.2) is 47.4 Å². The van der Waals surface area contributed by atoms with Gasteiger partial charge >= 0.3 is 0 Å². The molecule has 0 atom stereocenters. The summed E-state index contributed by atoms with van der Waals surface area (Å²) in [5.74, 6) is -0.483. The Hall–Kier alpha value is -2.51. The highest BCUT2D eigenvalue weighted by Gasteiger charge is 2.32. The van der Waals surface area contributed by atoms with Crippen molar-refractivity contribution in [3.8, 4) is 0 Å². The second kappa shape index (κ2) is 8.47. The number of sulfonamides is 1. The number of anilines is 1. The number of aryl methyl sites for hydroxylation is 1. The average Bonchev–Trinajstić information content (AvgIpc) is 2.71. The van der Waals surface area contributed by atoms with E-state index in [2.05, 4.69) is 5.32 Å². The first kappa shape index (κ1) is 21.2. The van der Waals surface area contributed by atoms with Crippen LogP contribution in [0.1, 0.15) is 41.3 Å². The monoisotopic (exact) mass is 414 g/mol. The van der Waals surface area contributed by atoms with E-state index < -0.39 is 10.0 Å². The number of nitrogens with one attached hydrogen (secondary N) is 1. The van der Waals surface area contributed by atoms with Crippen molar-refractivity contribution >= 4 is 27.4 Å². The smallest absolute Gasteiger partial charge is 0.243 e. The standard InChI is InChI=1S/C22H26N2O4S/c1-15-6-4-9-21(16(15)2)23-22(26)18-10-12-24(13-11-18)29(27,28)20-8-5-7-19(14-20)17(3)25/h4-9,14,18H,10-13H2,1-3H3,(H,23,26). The molecule has 0 unspecified atom stereocenters. The van der Waals surface area contributed by atoms with Crippen molar-refractivity contribution < 1.29 is 18.0 Å². The summed E-state index contributed by atoms with van der Waals surface area (Å²) in [5.41, 5.74) is 3.31. The first-order chi connectivity index (χ1) is 13.7. The molecule has 29 heavy (non-hydrogen) atoms. The second-order valence-electron chi connectivity index (χ2n) is 7.50. The summed E-state index contributed by atoms with van der Waals surface area (Å²) in [7, 11) is -3.69. The highest BCUT2D eigenvalue weighted by molar-refractivity contribution is 7.89. The highest BCUT2D eigenvalue weighted by Crippen LogP contribution is 2.26. The van der Waals surface area contributed by atoms with Gasteiger partial charge in [0.05, 0.1) is 4.90 Å². The molecule has 0 aromatic heterocycles. The van der Waals surface area contributed by atoms with Crippen molar-refractivity contribution in [1.82, 2.24) is 4.31 Å². The third-order valence-electron chi connectivity index (χ3n) is 5.57. The number of hydrogen-bond acceptors (Lipinski definition) is 4. The lowest BCUT2D eigenvalue weighted by atomic mass is 9.97. The minimum absolute atomic E-state index is 0.0747. The molecule has 1 aliphatic heterocycles. The van der Waals surface area contributed by atoms with Crippen LogP contribution in [-0.4, -0.2) is 37.5 Å². The summed E-state index contributed by atoms with van der Waals surface area (Å²) >= 11 is 0. The first-order valence-corrected chi connectivity index (χ1v) is 11.1. The Morgan fingerprint density at radius 2 is 1.69 bits per heavy atom. The zero-order chi connectivity index (χ0) is 21.2. The van der Waals surface area contributed by atoms with Gasteiger partial charge in [0.1, 0.15) is 0 Å². The number of hydrogen-bond donors (Lipinski definition) is 1. The van der Waals surface area contributed by atoms with E-state index in [1.165, 1.54) is 23.4 Å². The maximum atomic E-state index is 12.9. The third kappa shape index (κ3) is 4.57. The van der Waals surface area contributed by atoms with E-state index in [4.69, 9.17) is 0 Å². The Morgan fingerprint density at radius 3 is 2.34 bits per heavy atom. The van der Waals surface area contributed by atoms with E-state index in [1.807, 2.05) is 32.0 Å². The molecule has 0 spiro atoms. The molecule has 154 valence electrons. The van der Waals surface area contributed by atoms with Crippen molar-refractivity contribution in [2.24, 2.45) is 5.92 Å². The average molecular weight is 415 g/mol. The lowest BCUT2D eigenvalue weighted by Gasteiger charge is -2.30. The predicted molar refractivity (Wildman–Crippen MR) is 112 cm³/mol. The maximum Gasteiger partial charge on any atom is 0.243 e. The summed E-state index contributed by atoms with van der Waals surface area (Å²) in [6.45, 7) is 5.92. The Bertz CT molecular complexity index is 1040. The molecule has 1 saturated heterocycles. The topological polar surface area (TPSA) is 83.6 Å². The van der Waals surface area contributed by atoms with Gasteiger partial charge in [-0.05, 0) is 62.9 Å². The lowest BCUT2D eigenvalue weighted by molar-refractivity contribution is -0.120. The summed E-state index contributed by atoms with van der Waals surface area (Å²) < 4.78 is 27.2. The largest absolute Gasteiger partial charge is 0.326 e. The van der Waals surface area contributed by atoms with Crippen LogP contribution in [0.2, 0.25) is 0 Å². The van der Waals surface area contributed by atoms with E-state index in [0.29, 0.717) is 18.4 Å². The van der Waals surface area contributed by atoms with Crippen LogP contribution in [0.5, 0.6) is 0 Å². The fraction of sp³-hybridized carbons (Fsp3) is 0.364. The van der Waals surface area contributed by atoms with Crippen LogP contribution in [0.4, 0.5) is 5.69 Å². The zero-order valence-corrected chi connectivity index (χ0v) is 17.8. The molecule has 0 saturated carbocycles. The Kier molecular flexibility index (Phi) is 6.19. The second-order valence-corrected chi connectivity index (χ2v) is 9.44. The number of carbonyl (C=O) groups excluding carboxylic acids is 2. The molecule has 1 heterocycles. The van der Waals surface area contributed by atoms with E-state index in [9.17, 15) is 18.0 Å². The van der Waals surface area contributed by atoms with Gasteiger partial charge in [0.2, 0.25) is 15.9 Å². The van der Waals surface area contributed by atoms with Gasteiger partial charge in [0.15, 0.2) is 5.78 Å². The van der Waals surface area contributed by atoms with Crippen LogP contribution in [0.3, 0.4) is 0 Å². The van der Waals surface area contributed by atoms with Gasteiger partial charge in [-0.25, -0.2) is 8.42 Å². The normalized spacial score (nSPS) is 15.8. The molecule has 1 N–H and O–H groups in total. The molecule has 3 rings (SSSR count). The van der Waals surface area contributed by atoms with E-state index in [0.717, 1.165) is 16.8 Å². The number of rotatable bonds is 5. The summed E-state index contributed by atoms with van der Waals surface area (Å²) in [5, 5.41) is 2.98. The number of amides is 1. The molecule has 7 heteroatoms. The van der Waals surface area contributed by atoms with Crippen molar-refractivity contribution in [2.75, 3.05) is 18.4 Å². The fourth-order valence-electron chi connectivity index (χ4n) is 3.50. The van der Waals surface area contributed by atoms with Gasteiger partial charge in [-0.15, -0.1) is 0 Å². The summed E-state index contributed by atoms with van der Waals surface area (Å²) in [6, 6.07) is 11.9. The molecule has 1 amide bonds. The molecular formula is C22H26N2O4S. The molecular weight excluding hydrogens is 388 g/mol. The van der Waals surface area contributed by atoms with Crippen LogP contribution in [0, 0.1) is 19.8 Å². The van der Waals surface area contributed by atoms with Gasteiger partial charge in [0, 0.05) is 30.3 Å². The van der Waals surface area contributed by atoms with Crippen LogP contribution in [-0.2, 0) is 14.8 Å². The number of piperidine rings is 1. The quantitative estimate of drug-likeness (QED) is 0.759. The van der Waals surface area contributed by atoms with Crippen molar-refractivity contribution in [2.45, 2.75) is 38.5 Å². The number of ketones is 1. The van der Waals surface area contributed by atoms with Gasteiger partial charge in [0.25, 0.3) is 0 Å². The summed E-state index contributed by atoms with van der Waals surface area (Å²) in [4.78, 5) is 24.3.